The number of aliphatic imine (C=N–C) groups is 1. The first-order valence-corrected chi connectivity index (χ1v) is 8.25. The van der Waals surface area contributed by atoms with Crippen LogP contribution in [0.15, 0.2) is 23.2 Å². The zero-order valence-corrected chi connectivity index (χ0v) is 15.1. The monoisotopic (exact) mass is 335 g/mol. The maximum atomic E-state index is 6.04. The lowest BCUT2D eigenvalue weighted by Gasteiger charge is -2.35. The molecular formula is C17H29N5O2. The highest BCUT2D eigenvalue weighted by molar-refractivity contribution is 5.94. The second kappa shape index (κ2) is 8.75. The molecule has 1 unspecified atom stereocenters. The van der Waals surface area contributed by atoms with E-state index in [2.05, 4.69) is 34.1 Å². The molecule has 0 aliphatic carbocycles. The molecule has 7 heteroatoms. The smallest absolute Gasteiger partial charge is 0.193 e. The molecule has 1 saturated heterocycles. The van der Waals surface area contributed by atoms with Crippen molar-refractivity contribution in [2.24, 2.45) is 10.7 Å². The second-order valence-corrected chi connectivity index (χ2v) is 6.11. The lowest BCUT2D eigenvalue weighted by molar-refractivity contribution is 0.122. The predicted molar refractivity (Wildman–Crippen MR) is 98.2 cm³/mol. The molecule has 7 nitrogen and oxygen atoms in total. The maximum Gasteiger partial charge on any atom is 0.193 e. The Hall–Kier alpha value is -1.99. The molecule has 0 aromatic heterocycles. The lowest BCUT2D eigenvalue weighted by Crippen LogP contribution is -2.49. The third kappa shape index (κ3) is 5.01. The van der Waals surface area contributed by atoms with Gasteiger partial charge in [0.2, 0.25) is 0 Å². The fourth-order valence-corrected chi connectivity index (χ4v) is 2.70. The number of nitrogens with one attached hydrogen (secondary N) is 1. The molecule has 134 valence electrons. The highest BCUT2D eigenvalue weighted by atomic mass is 16.5. The molecule has 1 aliphatic rings. The van der Waals surface area contributed by atoms with Crippen LogP contribution < -0.4 is 20.5 Å². The van der Waals surface area contributed by atoms with E-state index in [0.717, 1.165) is 37.6 Å². The SMILES string of the molecule is COc1ccc(OC)c(NC(N)=NCC(C)N2CCN(C)CC2)c1. The van der Waals surface area contributed by atoms with E-state index in [0.29, 0.717) is 24.3 Å². The molecule has 24 heavy (non-hydrogen) atoms. The number of methoxy groups -OCH3 is 2. The molecule has 0 bridgehead atoms. The summed E-state index contributed by atoms with van der Waals surface area (Å²) in [6.45, 7) is 7.20. The van der Waals surface area contributed by atoms with Crippen LogP contribution in [0.1, 0.15) is 6.92 Å². The summed E-state index contributed by atoms with van der Waals surface area (Å²) < 4.78 is 10.6. The van der Waals surface area contributed by atoms with Crippen molar-refractivity contribution < 1.29 is 9.47 Å². The quantitative estimate of drug-likeness (QED) is 0.598. The van der Waals surface area contributed by atoms with E-state index in [1.807, 2.05) is 18.2 Å². The minimum atomic E-state index is 0.367. The number of piperazine rings is 1. The molecule has 0 spiro atoms. The number of anilines is 1. The van der Waals surface area contributed by atoms with Gasteiger partial charge in [-0.1, -0.05) is 0 Å². The molecule has 1 fully saturated rings. The van der Waals surface area contributed by atoms with Crippen LogP contribution in [0, 0.1) is 0 Å². The first-order valence-electron chi connectivity index (χ1n) is 8.25. The fraction of sp³-hybridized carbons (Fsp3) is 0.588. The summed E-state index contributed by atoms with van der Waals surface area (Å²) in [4.78, 5) is 9.27. The molecule has 1 atom stereocenters. The highest BCUT2D eigenvalue weighted by Gasteiger charge is 2.18. The first kappa shape index (κ1) is 18.4. The van der Waals surface area contributed by atoms with Gasteiger partial charge in [-0.25, -0.2) is 0 Å². The number of hydrogen-bond acceptors (Lipinski definition) is 5. The number of likely N-dealkylation sites (N-methyl/N-ethyl adjacent to an activating group) is 1. The topological polar surface area (TPSA) is 75.3 Å². The number of rotatable bonds is 6. The summed E-state index contributed by atoms with van der Waals surface area (Å²) >= 11 is 0. The average molecular weight is 335 g/mol. The minimum Gasteiger partial charge on any atom is -0.497 e. The molecule has 1 heterocycles. The zero-order chi connectivity index (χ0) is 17.5. The standard InChI is InChI=1S/C17H29N5O2/c1-13(22-9-7-21(2)8-10-22)12-19-17(18)20-15-11-14(23-3)5-6-16(15)24-4/h5-6,11,13H,7-10,12H2,1-4H3,(H3,18,19,20). The van der Waals surface area contributed by atoms with Crippen LogP contribution in [-0.4, -0.2) is 75.8 Å². The Morgan fingerprint density at radius 1 is 1.25 bits per heavy atom. The molecule has 0 amide bonds. The van der Waals surface area contributed by atoms with Gasteiger partial charge in [0.05, 0.1) is 26.5 Å². The summed E-state index contributed by atoms with van der Waals surface area (Å²) in [5.41, 5.74) is 6.78. The van der Waals surface area contributed by atoms with Gasteiger partial charge < -0.3 is 25.4 Å². The molecule has 0 saturated carbocycles. The Morgan fingerprint density at radius 3 is 2.58 bits per heavy atom. The average Bonchev–Trinajstić information content (AvgIpc) is 2.60. The summed E-state index contributed by atoms with van der Waals surface area (Å²) in [6, 6.07) is 5.88. The van der Waals surface area contributed by atoms with Crippen molar-refractivity contribution in [1.82, 2.24) is 9.80 Å². The minimum absolute atomic E-state index is 0.367. The van der Waals surface area contributed by atoms with Crippen LogP contribution in [0.2, 0.25) is 0 Å². The number of guanidine groups is 1. The van der Waals surface area contributed by atoms with Gasteiger partial charge in [0.15, 0.2) is 5.96 Å². The van der Waals surface area contributed by atoms with Crippen LogP contribution >= 0.6 is 0 Å². The van der Waals surface area contributed by atoms with Crippen LogP contribution in [-0.2, 0) is 0 Å². The molecule has 0 radical (unpaired) electrons. The van der Waals surface area contributed by atoms with Crippen LogP contribution in [0.4, 0.5) is 5.69 Å². The van der Waals surface area contributed by atoms with Gasteiger partial charge in [0.25, 0.3) is 0 Å². The van der Waals surface area contributed by atoms with E-state index in [1.165, 1.54) is 0 Å². The number of nitrogens with zero attached hydrogens (tertiary/aromatic N) is 3. The molecular weight excluding hydrogens is 306 g/mol. The third-order valence-electron chi connectivity index (χ3n) is 4.36. The number of nitrogens with two attached hydrogens (primary N) is 1. The summed E-state index contributed by atoms with van der Waals surface area (Å²) in [5.74, 6) is 1.81. The van der Waals surface area contributed by atoms with Gasteiger partial charge in [-0.2, -0.15) is 0 Å². The van der Waals surface area contributed by atoms with Crippen LogP contribution in [0.25, 0.3) is 0 Å². The van der Waals surface area contributed by atoms with E-state index >= 15 is 0 Å². The molecule has 3 N–H and O–H groups in total. The van der Waals surface area contributed by atoms with Crippen molar-refractivity contribution in [1.29, 1.82) is 0 Å². The van der Waals surface area contributed by atoms with Crippen molar-refractivity contribution in [2.75, 3.05) is 59.3 Å². The predicted octanol–water partition coefficient (Wildman–Crippen LogP) is 1.07. The number of benzene rings is 1. The normalized spacial score (nSPS) is 18.2. The summed E-state index contributed by atoms with van der Waals surface area (Å²) in [6.07, 6.45) is 0. The Kier molecular flexibility index (Phi) is 6.69. The van der Waals surface area contributed by atoms with Gasteiger partial charge >= 0.3 is 0 Å². The van der Waals surface area contributed by atoms with E-state index < -0.39 is 0 Å². The van der Waals surface area contributed by atoms with E-state index in [1.54, 1.807) is 14.2 Å². The van der Waals surface area contributed by atoms with Crippen molar-refractivity contribution in [3.8, 4) is 11.5 Å². The number of hydrogen-bond donors (Lipinski definition) is 2. The molecule has 1 aromatic rings. The lowest BCUT2D eigenvalue weighted by atomic mass is 10.2. The van der Waals surface area contributed by atoms with Crippen LogP contribution in [0.5, 0.6) is 11.5 Å². The van der Waals surface area contributed by atoms with Gasteiger partial charge in [-0.15, -0.1) is 0 Å². The Bertz CT molecular complexity index is 556. The largest absolute Gasteiger partial charge is 0.497 e. The fourth-order valence-electron chi connectivity index (χ4n) is 2.70. The van der Waals surface area contributed by atoms with Gasteiger partial charge in [-0.3, -0.25) is 9.89 Å². The summed E-state index contributed by atoms with van der Waals surface area (Å²) in [7, 11) is 5.40. The van der Waals surface area contributed by atoms with Crippen molar-refractivity contribution in [3.63, 3.8) is 0 Å². The maximum absolute atomic E-state index is 6.04. The first-order chi connectivity index (χ1) is 11.5. The van der Waals surface area contributed by atoms with E-state index in [9.17, 15) is 0 Å². The molecule has 2 rings (SSSR count). The van der Waals surface area contributed by atoms with Gasteiger partial charge in [0.1, 0.15) is 11.5 Å². The van der Waals surface area contributed by atoms with Gasteiger partial charge in [-0.05, 0) is 26.1 Å². The van der Waals surface area contributed by atoms with Crippen molar-refractivity contribution in [2.45, 2.75) is 13.0 Å². The second-order valence-electron chi connectivity index (χ2n) is 6.11. The Morgan fingerprint density at radius 2 is 1.96 bits per heavy atom. The van der Waals surface area contributed by atoms with Crippen molar-refractivity contribution >= 4 is 11.6 Å². The zero-order valence-electron chi connectivity index (χ0n) is 15.1. The Balaban J connectivity index is 1.94. The highest BCUT2D eigenvalue weighted by Crippen LogP contribution is 2.28. The third-order valence-corrected chi connectivity index (χ3v) is 4.36. The van der Waals surface area contributed by atoms with Gasteiger partial charge in [0, 0.05) is 38.3 Å². The molecule has 1 aliphatic heterocycles. The molecule has 1 aromatic carbocycles. The van der Waals surface area contributed by atoms with Crippen molar-refractivity contribution in [3.05, 3.63) is 18.2 Å². The van der Waals surface area contributed by atoms with Crippen LogP contribution in [0.3, 0.4) is 0 Å². The summed E-state index contributed by atoms with van der Waals surface area (Å²) in [5, 5.41) is 3.10. The Labute approximate surface area is 144 Å². The number of ether oxygens (including phenoxy) is 2. The van der Waals surface area contributed by atoms with E-state index in [4.69, 9.17) is 15.2 Å². The van der Waals surface area contributed by atoms with E-state index in [-0.39, 0.29) is 0 Å².